The molecule has 4 N–H and O–H groups in total. The number of aromatic nitrogens is 1. The molecule has 0 aliphatic heterocycles. The van der Waals surface area contributed by atoms with Gasteiger partial charge < -0.3 is 15.4 Å². The number of carboxylic acid groups (broad SMARTS) is 1. The highest BCUT2D eigenvalue weighted by Gasteiger charge is 2.33. The minimum atomic E-state index is -1.09. The monoisotopic (exact) mass is 315 g/mol. The molecule has 0 spiro atoms. The van der Waals surface area contributed by atoms with E-state index in [1.54, 1.807) is 19.9 Å². The van der Waals surface area contributed by atoms with Gasteiger partial charge in [0.15, 0.2) is 0 Å². The maximum absolute atomic E-state index is 11.8. The molecule has 8 heteroatoms. The standard InChI is InChI=1S/C13H21N3O4S/c1-7(2)8-5-10(20-16-8)15-9(17)6-21-13(3,4)11(14)12(18)19/h5,7,11H,6,14H2,1-4H3,(H,15,17)(H,18,19)/t11-/m0/s1. The average molecular weight is 315 g/mol. The molecule has 1 amide bonds. The van der Waals surface area contributed by atoms with Crippen molar-refractivity contribution in [2.75, 3.05) is 11.1 Å². The third kappa shape index (κ3) is 5.05. The largest absolute Gasteiger partial charge is 0.480 e. The van der Waals surface area contributed by atoms with Crippen LogP contribution >= 0.6 is 11.8 Å². The Kier molecular flexibility index (Phi) is 5.79. The van der Waals surface area contributed by atoms with Crippen molar-refractivity contribution < 1.29 is 19.2 Å². The molecule has 0 unspecified atom stereocenters. The van der Waals surface area contributed by atoms with Crippen LogP contribution in [0.1, 0.15) is 39.3 Å². The number of nitrogens with zero attached hydrogens (tertiary/aromatic N) is 1. The molecule has 1 aromatic rings. The van der Waals surface area contributed by atoms with Crippen molar-refractivity contribution >= 4 is 29.5 Å². The van der Waals surface area contributed by atoms with Gasteiger partial charge in [-0.3, -0.25) is 14.9 Å². The van der Waals surface area contributed by atoms with Gasteiger partial charge in [0.25, 0.3) is 0 Å². The van der Waals surface area contributed by atoms with Crippen LogP contribution < -0.4 is 11.1 Å². The van der Waals surface area contributed by atoms with Crippen LogP contribution in [0.15, 0.2) is 10.6 Å². The zero-order valence-electron chi connectivity index (χ0n) is 12.5. The fraction of sp³-hybridized carbons (Fsp3) is 0.615. The second-order valence-corrected chi connectivity index (χ2v) is 7.16. The van der Waals surface area contributed by atoms with E-state index in [0.29, 0.717) is 0 Å². The summed E-state index contributed by atoms with van der Waals surface area (Å²) in [5.74, 6) is -0.821. The van der Waals surface area contributed by atoms with E-state index in [9.17, 15) is 9.59 Å². The molecule has 7 nitrogen and oxygen atoms in total. The van der Waals surface area contributed by atoms with Crippen LogP contribution in [-0.2, 0) is 9.59 Å². The maximum Gasteiger partial charge on any atom is 0.321 e. The first-order chi connectivity index (χ1) is 9.63. The van der Waals surface area contributed by atoms with Crippen molar-refractivity contribution in [3.63, 3.8) is 0 Å². The van der Waals surface area contributed by atoms with Gasteiger partial charge in [-0.15, -0.1) is 11.8 Å². The van der Waals surface area contributed by atoms with Crippen molar-refractivity contribution in [3.05, 3.63) is 11.8 Å². The molecule has 0 fully saturated rings. The van der Waals surface area contributed by atoms with Gasteiger partial charge in [0, 0.05) is 10.8 Å². The fourth-order valence-electron chi connectivity index (χ4n) is 1.43. The van der Waals surface area contributed by atoms with Crippen LogP contribution in [0.3, 0.4) is 0 Å². The van der Waals surface area contributed by atoms with Crippen molar-refractivity contribution in [2.45, 2.75) is 44.4 Å². The van der Waals surface area contributed by atoms with E-state index < -0.39 is 16.8 Å². The molecular formula is C13H21N3O4S. The normalized spacial score (nSPS) is 13.2. The number of hydrogen-bond donors (Lipinski definition) is 3. The number of amides is 1. The van der Waals surface area contributed by atoms with Gasteiger partial charge in [-0.05, 0) is 19.8 Å². The first-order valence-corrected chi connectivity index (χ1v) is 7.51. The smallest absolute Gasteiger partial charge is 0.321 e. The minimum absolute atomic E-state index is 0.0751. The lowest BCUT2D eigenvalue weighted by atomic mass is 10.1. The summed E-state index contributed by atoms with van der Waals surface area (Å²) in [6.07, 6.45) is 0. The van der Waals surface area contributed by atoms with Gasteiger partial charge in [0.2, 0.25) is 11.8 Å². The Morgan fingerprint density at radius 1 is 1.52 bits per heavy atom. The van der Waals surface area contributed by atoms with Crippen LogP contribution in [0.2, 0.25) is 0 Å². The van der Waals surface area contributed by atoms with Gasteiger partial charge in [-0.1, -0.05) is 19.0 Å². The van der Waals surface area contributed by atoms with Crippen LogP contribution in [0.25, 0.3) is 0 Å². The molecule has 21 heavy (non-hydrogen) atoms. The van der Waals surface area contributed by atoms with Crippen LogP contribution in [0, 0.1) is 0 Å². The summed E-state index contributed by atoms with van der Waals surface area (Å²) >= 11 is 1.18. The maximum atomic E-state index is 11.8. The highest BCUT2D eigenvalue weighted by Crippen LogP contribution is 2.27. The van der Waals surface area contributed by atoms with Gasteiger partial charge in [-0.25, -0.2) is 0 Å². The summed E-state index contributed by atoms with van der Waals surface area (Å²) in [6.45, 7) is 7.31. The summed E-state index contributed by atoms with van der Waals surface area (Å²) in [7, 11) is 0. The number of aliphatic carboxylic acids is 1. The molecule has 0 saturated carbocycles. The molecule has 1 aromatic heterocycles. The lowest BCUT2D eigenvalue weighted by molar-refractivity contribution is -0.139. The Bertz CT molecular complexity index is 513. The second-order valence-electron chi connectivity index (χ2n) is 5.53. The molecule has 0 radical (unpaired) electrons. The minimum Gasteiger partial charge on any atom is -0.480 e. The van der Waals surface area contributed by atoms with Crippen molar-refractivity contribution in [3.8, 4) is 0 Å². The lowest BCUT2D eigenvalue weighted by Crippen LogP contribution is -2.47. The fourth-order valence-corrected chi connectivity index (χ4v) is 2.29. The van der Waals surface area contributed by atoms with E-state index in [0.717, 1.165) is 5.69 Å². The Labute approximate surface area is 127 Å². The van der Waals surface area contributed by atoms with E-state index in [1.807, 2.05) is 13.8 Å². The van der Waals surface area contributed by atoms with E-state index in [2.05, 4.69) is 10.5 Å². The molecule has 0 bridgehead atoms. The van der Waals surface area contributed by atoms with E-state index in [-0.39, 0.29) is 23.5 Å². The molecule has 1 rings (SSSR count). The van der Waals surface area contributed by atoms with Crippen molar-refractivity contribution in [2.24, 2.45) is 5.73 Å². The molecule has 1 atom stereocenters. The number of nitrogens with one attached hydrogen (secondary N) is 1. The summed E-state index contributed by atoms with van der Waals surface area (Å²) in [5, 5.41) is 15.3. The Hall–Kier alpha value is -1.54. The number of hydrogen-bond acceptors (Lipinski definition) is 6. The molecule has 0 saturated heterocycles. The highest BCUT2D eigenvalue weighted by molar-refractivity contribution is 8.01. The highest BCUT2D eigenvalue weighted by atomic mass is 32.2. The topological polar surface area (TPSA) is 118 Å². The second kappa shape index (κ2) is 6.95. The van der Waals surface area contributed by atoms with E-state index >= 15 is 0 Å². The van der Waals surface area contributed by atoms with Crippen molar-refractivity contribution in [1.29, 1.82) is 0 Å². The van der Waals surface area contributed by atoms with E-state index in [4.69, 9.17) is 15.4 Å². The Morgan fingerprint density at radius 3 is 2.62 bits per heavy atom. The van der Waals surface area contributed by atoms with Crippen LogP contribution in [0.4, 0.5) is 5.88 Å². The molecular weight excluding hydrogens is 294 g/mol. The lowest BCUT2D eigenvalue weighted by Gasteiger charge is -2.27. The molecule has 0 aliphatic rings. The van der Waals surface area contributed by atoms with Crippen molar-refractivity contribution in [1.82, 2.24) is 5.16 Å². The van der Waals surface area contributed by atoms with Gasteiger partial charge in [0.05, 0.1) is 11.4 Å². The third-order valence-electron chi connectivity index (χ3n) is 2.97. The summed E-state index contributed by atoms with van der Waals surface area (Å²) < 4.78 is 4.25. The zero-order valence-corrected chi connectivity index (χ0v) is 13.4. The molecule has 118 valence electrons. The first kappa shape index (κ1) is 17.5. The van der Waals surface area contributed by atoms with Gasteiger partial charge >= 0.3 is 5.97 Å². The molecule has 1 heterocycles. The number of carboxylic acids is 1. The Balaban J connectivity index is 2.52. The summed E-state index contributed by atoms with van der Waals surface area (Å²) in [5.41, 5.74) is 6.34. The predicted molar refractivity (Wildman–Crippen MR) is 81.4 cm³/mol. The van der Waals surface area contributed by atoms with E-state index in [1.165, 1.54) is 11.8 Å². The number of rotatable bonds is 7. The average Bonchev–Trinajstić information content (AvgIpc) is 2.84. The third-order valence-corrected chi connectivity index (χ3v) is 4.38. The number of anilines is 1. The quantitative estimate of drug-likeness (QED) is 0.700. The van der Waals surface area contributed by atoms with Gasteiger partial charge in [0.1, 0.15) is 6.04 Å². The first-order valence-electron chi connectivity index (χ1n) is 6.52. The van der Waals surface area contributed by atoms with Crippen LogP contribution in [-0.4, -0.2) is 38.7 Å². The SMILES string of the molecule is CC(C)c1cc(NC(=O)CSC(C)(C)[C@@H](N)C(=O)O)on1. The number of carbonyl (C=O) groups excluding carboxylic acids is 1. The van der Waals surface area contributed by atoms with Gasteiger partial charge in [-0.2, -0.15) is 0 Å². The number of carbonyl (C=O) groups is 2. The summed E-state index contributed by atoms with van der Waals surface area (Å²) in [6, 6.07) is 0.620. The summed E-state index contributed by atoms with van der Waals surface area (Å²) in [4.78, 5) is 22.7. The predicted octanol–water partition coefficient (Wildman–Crippen LogP) is 1.66. The molecule has 0 aliphatic carbocycles. The molecule has 0 aromatic carbocycles. The number of nitrogens with two attached hydrogens (primary N) is 1. The number of thioether (sulfide) groups is 1. The zero-order chi connectivity index (χ0) is 16.2. The van der Waals surface area contributed by atoms with Crippen LogP contribution in [0.5, 0.6) is 0 Å². The Morgan fingerprint density at radius 2 is 2.14 bits per heavy atom.